The lowest BCUT2D eigenvalue weighted by atomic mass is 10.1. The molecule has 13 heteroatoms. The Morgan fingerprint density at radius 1 is 0.397 bits per heavy atom. The summed E-state index contributed by atoms with van der Waals surface area (Å²) < 4.78 is 52.6. The first-order valence-corrected chi connectivity index (χ1v) is 27.6. The quantitative estimate of drug-likeness (QED) is 0.0170. The van der Waals surface area contributed by atoms with Gasteiger partial charge in [-0.1, -0.05) is 155 Å². The molecule has 0 aromatic heterocycles. The number of ether oxygens (including phenoxy) is 4. The van der Waals surface area contributed by atoms with Crippen molar-refractivity contribution in [2.24, 2.45) is 20.5 Å². The van der Waals surface area contributed by atoms with E-state index in [1.54, 1.807) is 60.7 Å². The van der Waals surface area contributed by atoms with Crippen LogP contribution < -0.4 is 18.9 Å². The predicted octanol–water partition coefficient (Wildman–Crippen LogP) is 20.2. The third-order valence-electron chi connectivity index (χ3n) is 12.4. The largest absolute Gasteiger partial charge is 0.491 e. The van der Waals surface area contributed by atoms with Crippen molar-refractivity contribution < 1.29 is 37.3 Å². The van der Waals surface area contributed by atoms with Gasteiger partial charge in [0.25, 0.3) is 0 Å². The van der Waals surface area contributed by atoms with E-state index in [-0.39, 0.29) is 34.1 Å². The number of benzene rings is 5. The van der Waals surface area contributed by atoms with E-state index in [4.69, 9.17) is 18.9 Å². The van der Waals surface area contributed by atoms with E-state index in [0.29, 0.717) is 40.4 Å². The molecule has 0 spiro atoms. The smallest absolute Gasteiger partial charge is 0.343 e. The monoisotopic (exact) mass is 1060 g/mol. The highest BCUT2D eigenvalue weighted by atomic mass is 79.9. The Labute approximate surface area is 440 Å². The fourth-order valence-corrected chi connectivity index (χ4v) is 8.43. The molecule has 0 atom stereocenters. The van der Waals surface area contributed by atoms with Gasteiger partial charge in [0.15, 0.2) is 23.1 Å². The summed E-state index contributed by atoms with van der Waals surface area (Å²) in [6.45, 7) is 5.42. The van der Waals surface area contributed by atoms with Gasteiger partial charge in [-0.15, -0.1) is 0 Å². The van der Waals surface area contributed by atoms with E-state index in [1.807, 2.05) is 0 Å². The molecule has 0 fully saturated rings. The number of rotatable bonds is 36. The van der Waals surface area contributed by atoms with Crippen LogP contribution in [0.1, 0.15) is 189 Å². The van der Waals surface area contributed by atoms with E-state index >= 15 is 0 Å². The van der Waals surface area contributed by atoms with Gasteiger partial charge in [-0.25, -0.2) is 18.4 Å². The summed E-state index contributed by atoms with van der Waals surface area (Å²) in [5.41, 5.74) is 2.03. The van der Waals surface area contributed by atoms with Crippen molar-refractivity contribution in [1.82, 2.24) is 0 Å². The molecule has 0 radical (unpaired) electrons. The van der Waals surface area contributed by atoms with Crippen LogP contribution in [0.4, 0.5) is 31.5 Å². The number of unbranched alkanes of at least 4 members (excludes halogenated alkanes) is 22. The van der Waals surface area contributed by atoms with E-state index in [2.05, 4.69) is 50.2 Å². The molecular weight excluding hydrogens is 991 g/mol. The normalized spacial score (nSPS) is 11.4. The van der Waals surface area contributed by atoms with Gasteiger partial charge in [0.05, 0.1) is 51.6 Å². The fourth-order valence-electron chi connectivity index (χ4n) is 8.10. The lowest BCUT2D eigenvalue weighted by Crippen LogP contribution is -2.10. The van der Waals surface area contributed by atoms with Crippen LogP contribution in [0, 0.1) is 11.6 Å². The molecule has 10 nitrogen and oxygen atoms in total. The number of halogens is 3. The minimum Gasteiger partial charge on any atom is -0.491 e. The summed E-state index contributed by atoms with van der Waals surface area (Å²) in [6.07, 6.45) is 30.0. The number of carbonyl (C=O) groups is 2. The molecule has 0 amide bonds. The molecule has 0 N–H and O–H groups in total. The maximum Gasteiger partial charge on any atom is 0.343 e. The molecule has 0 bridgehead atoms. The minimum absolute atomic E-state index is 0.133. The number of azo groups is 2. The van der Waals surface area contributed by atoms with Crippen LogP contribution in [0.15, 0.2) is 128 Å². The molecule has 0 unspecified atom stereocenters. The van der Waals surface area contributed by atoms with Crippen molar-refractivity contribution in [2.45, 2.75) is 168 Å². The highest BCUT2D eigenvalue weighted by molar-refractivity contribution is 9.10. The predicted molar refractivity (Wildman–Crippen MR) is 291 cm³/mol. The summed E-state index contributed by atoms with van der Waals surface area (Å²) in [6, 6.07) is 26.1. The van der Waals surface area contributed by atoms with E-state index in [0.717, 1.165) is 25.7 Å². The van der Waals surface area contributed by atoms with Crippen molar-refractivity contribution in [1.29, 1.82) is 0 Å². The van der Waals surface area contributed by atoms with E-state index in [1.165, 1.54) is 171 Å². The second-order valence-corrected chi connectivity index (χ2v) is 19.4. The molecule has 0 saturated heterocycles. The van der Waals surface area contributed by atoms with Crippen LogP contribution in [0.2, 0.25) is 0 Å². The molecule has 5 aromatic rings. The molecule has 5 aromatic carbocycles. The van der Waals surface area contributed by atoms with Crippen molar-refractivity contribution in [2.75, 3.05) is 13.2 Å². The first-order valence-electron chi connectivity index (χ1n) is 26.8. The third-order valence-corrected chi connectivity index (χ3v) is 13.1. The minimum atomic E-state index is -0.657. The Kier molecular flexibility index (Phi) is 27.5. The van der Waals surface area contributed by atoms with Crippen LogP contribution in [-0.2, 0) is 0 Å². The first-order chi connectivity index (χ1) is 35.7. The summed E-state index contributed by atoms with van der Waals surface area (Å²) in [5.74, 6) is -1.65. The first kappa shape index (κ1) is 58.1. The van der Waals surface area contributed by atoms with Gasteiger partial charge in [-0.2, -0.15) is 20.5 Å². The Bertz CT molecular complexity index is 2450. The van der Waals surface area contributed by atoms with Gasteiger partial charge in [0, 0.05) is 18.2 Å². The Hall–Kier alpha value is -5.82. The standard InChI is InChI=1S/C60H75BrF2N4O6/c1-3-5-7-9-11-13-15-17-19-21-23-25-41-70-56-39-35-50(43-54(56)62)66-64-48-31-27-46(28-32-48)59(68)72-52-37-38-53(61)58(45-52)73-60(69)47-29-33-49(34-30-47)65-67-51-36-40-57(55(63)44-51)71-42-26-24-22-20-18-16-14-12-10-8-6-4-2/h27-40,43-45H,3-26,41-42H2,1-2H3. The topological polar surface area (TPSA) is 121 Å². The van der Waals surface area contributed by atoms with E-state index < -0.39 is 23.6 Å². The molecule has 0 aliphatic carbocycles. The fraction of sp³-hybridized carbons (Fsp3) is 0.467. The molecular formula is C60H75BrF2N4O6. The summed E-state index contributed by atoms with van der Waals surface area (Å²) in [5, 5.41) is 16.7. The van der Waals surface area contributed by atoms with Gasteiger partial charge in [0.1, 0.15) is 11.5 Å². The van der Waals surface area contributed by atoms with Crippen molar-refractivity contribution in [3.63, 3.8) is 0 Å². The SMILES string of the molecule is CCCCCCCCCCCCCCOc1ccc(N=Nc2ccc(C(=O)Oc3ccc(Br)c(OC(=O)c4ccc(N=Nc5ccc(OCCCCCCCCCCCCCC)c(F)c5)cc4)c3)cc2)cc1F. The summed E-state index contributed by atoms with van der Waals surface area (Å²) in [4.78, 5) is 26.2. The molecule has 0 saturated carbocycles. The zero-order chi connectivity index (χ0) is 51.7. The Morgan fingerprint density at radius 2 is 0.740 bits per heavy atom. The number of esters is 2. The van der Waals surface area contributed by atoms with Crippen LogP contribution >= 0.6 is 15.9 Å². The molecule has 5 rings (SSSR count). The van der Waals surface area contributed by atoms with Gasteiger partial charge in [-0.3, -0.25) is 0 Å². The van der Waals surface area contributed by atoms with E-state index in [9.17, 15) is 18.4 Å². The zero-order valence-electron chi connectivity index (χ0n) is 43.1. The molecule has 73 heavy (non-hydrogen) atoms. The lowest BCUT2D eigenvalue weighted by Gasteiger charge is -2.10. The van der Waals surface area contributed by atoms with Crippen molar-refractivity contribution >= 4 is 50.6 Å². The average Bonchev–Trinajstić information content (AvgIpc) is 3.40. The lowest BCUT2D eigenvalue weighted by molar-refractivity contribution is 0.0732. The highest BCUT2D eigenvalue weighted by Gasteiger charge is 2.15. The number of nitrogens with zero attached hydrogens (tertiary/aromatic N) is 4. The molecule has 0 aliphatic heterocycles. The van der Waals surface area contributed by atoms with Crippen LogP contribution in [0.25, 0.3) is 0 Å². The molecule has 0 aliphatic rings. The van der Waals surface area contributed by atoms with Gasteiger partial charge >= 0.3 is 11.9 Å². The van der Waals surface area contributed by atoms with Gasteiger partial charge < -0.3 is 18.9 Å². The second kappa shape index (κ2) is 34.6. The molecule has 392 valence electrons. The number of hydrogen-bond donors (Lipinski definition) is 0. The maximum atomic E-state index is 14.8. The second-order valence-electron chi connectivity index (χ2n) is 18.6. The Morgan fingerprint density at radius 3 is 1.12 bits per heavy atom. The van der Waals surface area contributed by atoms with Gasteiger partial charge in [-0.05, 0) is 114 Å². The highest BCUT2D eigenvalue weighted by Crippen LogP contribution is 2.32. The number of hydrogen-bond acceptors (Lipinski definition) is 10. The van der Waals surface area contributed by atoms with Crippen molar-refractivity contribution in [3.8, 4) is 23.0 Å². The zero-order valence-corrected chi connectivity index (χ0v) is 44.7. The van der Waals surface area contributed by atoms with Crippen LogP contribution in [0.3, 0.4) is 0 Å². The Balaban J connectivity index is 0.987. The van der Waals surface area contributed by atoms with Crippen LogP contribution in [-0.4, -0.2) is 25.2 Å². The maximum absolute atomic E-state index is 14.8. The van der Waals surface area contributed by atoms with Crippen LogP contribution in [0.5, 0.6) is 23.0 Å². The third kappa shape index (κ3) is 22.9. The average molecular weight is 1070 g/mol. The molecule has 0 heterocycles. The number of carbonyl (C=O) groups excluding carboxylic acids is 2. The van der Waals surface area contributed by atoms with Crippen molar-refractivity contribution in [3.05, 3.63) is 130 Å². The van der Waals surface area contributed by atoms with Gasteiger partial charge in [0.2, 0.25) is 0 Å². The summed E-state index contributed by atoms with van der Waals surface area (Å²) >= 11 is 3.39. The summed E-state index contributed by atoms with van der Waals surface area (Å²) in [7, 11) is 0.